The van der Waals surface area contributed by atoms with E-state index in [-0.39, 0.29) is 79.1 Å². The Morgan fingerprint density at radius 2 is 1.32 bits per heavy atom. The second-order valence-corrected chi connectivity index (χ2v) is 23.7. The normalized spacial score (nSPS) is 18.3. The topological polar surface area (TPSA) is 289 Å². The first-order valence-corrected chi connectivity index (χ1v) is 27.8. The number of carboxylic acid groups (broad SMARTS) is 1. The molecular weight excluding hydrogens is 981 g/mol. The summed E-state index contributed by atoms with van der Waals surface area (Å²) >= 11 is 0. The van der Waals surface area contributed by atoms with Gasteiger partial charge >= 0.3 is 5.97 Å². The van der Waals surface area contributed by atoms with Gasteiger partial charge in [-0.3, -0.25) is 23.0 Å². The van der Waals surface area contributed by atoms with Crippen molar-refractivity contribution in [2.75, 3.05) is 42.7 Å². The molecule has 0 amide bonds. The number of allylic oxidation sites excluding steroid dienone is 5. The van der Waals surface area contributed by atoms with Crippen LogP contribution in [0.15, 0.2) is 118 Å². The van der Waals surface area contributed by atoms with Crippen molar-refractivity contribution >= 4 is 63.5 Å². The number of aryl methyl sites for hydroxylation is 1. The molecule has 19 nitrogen and oxygen atoms in total. The van der Waals surface area contributed by atoms with Crippen molar-refractivity contribution in [3.8, 4) is 5.75 Å². The summed E-state index contributed by atoms with van der Waals surface area (Å²) < 4.78 is 155. The summed E-state index contributed by atoms with van der Waals surface area (Å²) in [7, 11) is -17.7. The second-order valence-electron chi connectivity index (χ2n) is 17.7. The first-order chi connectivity index (χ1) is 32.1. The van der Waals surface area contributed by atoms with E-state index in [0.29, 0.717) is 52.5 Å². The van der Waals surface area contributed by atoms with Crippen LogP contribution in [0.4, 0.5) is 11.4 Å². The van der Waals surface area contributed by atoms with Crippen LogP contribution in [0, 0.1) is 0 Å². The van der Waals surface area contributed by atoms with Crippen LogP contribution < -0.4 is 9.64 Å². The molecule has 3 aliphatic heterocycles. The number of carboxylic acids is 1. The Labute approximate surface area is 402 Å². The smallest absolute Gasteiger partial charge is 0.303 e. The molecule has 3 heterocycles. The molecule has 6 rings (SSSR count). The van der Waals surface area contributed by atoms with Gasteiger partial charge in [-0.05, 0) is 111 Å². The summed E-state index contributed by atoms with van der Waals surface area (Å²) in [5.41, 5.74) is 2.41. The molecule has 23 heteroatoms. The summed E-state index contributed by atoms with van der Waals surface area (Å²) in [6.07, 6.45) is 7.74. The van der Waals surface area contributed by atoms with E-state index in [1.807, 2.05) is 37.2 Å². The van der Waals surface area contributed by atoms with Gasteiger partial charge in [-0.15, -0.1) is 0 Å². The molecule has 3 aliphatic rings. The van der Waals surface area contributed by atoms with E-state index in [0.717, 1.165) is 5.56 Å². The van der Waals surface area contributed by atoms with Gasteiger partial charge in [-0.25, -0.2) is 0 Å². The number of hydrogen-bond acceptors (Lipinski definition) is 13. The highest BCUT2D eigenvalue weighted by molar-refractivity contribution is 7.86. The quantitative estimate of drug-likeness (QED) is 0.0467. The van der Waals surface area contributed by atoms with Crippen molar-refractivity contribution in [1.29, 1.82) is 0 Å². The SMILES string of the molecule is CC1(C)C(/C=C/C2=C(Oc3ccc(CCC(=O)O)cc3)C(=C/C=C3/N(CCCCS(=O)(=O)O)c4ccc(S(=O)(=O)O)cc4C3(C)C)/OCCO2)=[N+](CCCCS(=O)(=O)O)c2ccc(S(=O)(=O)O)cc21. The molecule has 5 N–H and O–H groups in total. The Bertz CT molecular complexity index is 3120. The number of rotatable bonds is 20. The van der Waals surface area contributed by atoms with E-state index in [1.54, 1.807) is 60.7 Å². The van der Waals surface area contributed by atoms with Crippen molar-refractivity contribution in [2.45, 2.75) is 86.8 Å². The van der Waals surface area contributed by atoms with Crippen LogP contribution in [0.2, 0.25) is 0 Å². The first kappa shape index (κ1) is 53.0. The monoisotopic (exact) mass is 1040 g/mol. The lowest BCUT2D eigenvalue weighted by atomic mass is 9.81. The number of carbonyl (C=O) groups is 1. The van der Waals surface area contributed by atoms with Gasteiger partial charge in [0, 0.05) is 53.9 Å². The van der Waals surface area contributed by atoms with Gasteiger partial charge in [0.1, 0.15) is 25.5 Å². The standard InChI is InChI=1S/C46H54N2O17S4/c1-45(2)35-29-33(68(57,58)59)14-16-37(35)47(23-5-7-27-66(51,52)53)41(45)20-18-39-44(65-32-12-9-31(10-13-32)11-22-43(49)50)40(64-26-25-63-39)19-21-42-46(3,4)36-30-34(69(60,61)62)15-17-38(36)48(42)24-6-8-28-67(54,55)56/h9-10,12-21,29-30H,5-8,11,22-28H2,1-4H3,(H4-,49,50,51,52,53,54,55,56,57,58,59,60,61,62)/p+1. The predicted octanol–water partition coefficient (Wildman–Crippen LogP) is 6.37. The number of fused-ring (bicyclic) bond motifs is 2. The van der Waals surface area contributed by atoms with Gasteiger partial charge in [0.25, 0.3) is 40.5 Å². The molecule has 0 aromatic heterocycles. The molecule has 0 saturated heterocycles. The van der Waals surface area contributed by atoms with Crippen LogP contribution in [0.3, 0.4) is 0 Å². The Kier molecular flexibility index (Phi) is 15.7. The maximum atomic E-state index is 12.3. The fourth-order valence-electron chi connectivity index (χ4n) is 8.53. The Balaban J connectivity index is 1.49. The van der Waals surface area contributed by atoms with E-state index >= 15 is 0 Å². The highest BCUT2D eigenvalue weighted by Gasteiger charge is 2.45. The van der Waals surface area contributed by atoms with E-state index in [4.69, 9.17) is 14.2 Å². The van der Waals surface area contributed by atoms with Gasteiger partial charge in [0.2, 0.25) is 11.4 Å². The summed E-state index contributed by atoms with van der Waals surface area (Å²) in [6, 6.07) is 15.1. The van der Waals surface area contributed by atoms with E-state index < -0.39 is 68.8 Å². The molecule has 69 heavy (non-hydrogen) atoms. The lowest BCUT2D eigenvalue weighted by Crippen LogP contribution is -2.28. The number of anilines is 1. The summed E-state index contributed by atoms with van der Waals surface area (Å²) in [5, 5.41) is 9.23. The summed E-state index contributed by atoms with van der Waals surface area (Å²) in [4.78, 5) is 12.5. The van der Waals surface area contributed by atoms with Crippen molar-refractivity contribution in [3.05, 3.63) is 125 Å². The summed E-state index contributed by atoms with van der Waals surface area (Å²) in [6.45, 7) is 7.92. The van der Waals surface area contributed by atoms with Crippen LogP contribution >= 0.6 is 0 Å². The third kappa shape index (κ3) is 13.1. The molecule has 0 saturated carbocycles. The van der Waals surface area contributed by atoms with Crippen LogP contribution in [0.25, 0.3) is 0 Å². The van der Waals surface area contributed by atoms with Gasteiger partial charge in [0.05, 0.1) is 26.7 Å². The van der Waals surface area contributed by atoms with Crippen molar-refractivity contribution < 1.29 is 80.6 Å². The molecule has 0 aliphatic carbocycles. The average molecular weight is 1040 g/mol. The molecule has 0 unspecified atom stereocenters. The number of aliphatic carboxylic acids is 1. The van der Waals surface area contributed by atoms with Crippen LogP contribution in [-0.2, 0) is 72.0 Å². The fourth-order valence-corrected chi connectivity index (χ4v) is 10.7. The average Bonchev–Trinajstić information content (AvgIpc) is 3.47. The van der Waals surface area contributed by atoms with Gasteiger partial charge in [0.15, 0.2) is 17.2 Å². The third-order valence-electron chi connectivity index (χ3n) is 12.0. The summed E-state index contributed by atoms with van der Waals surface area (Å²) in [5.74, 6) is -1.16. The molecule has 3 aromatic carbocycles. The predicted molar refractivity (Wildman–Crippen MR) is 254 cm³/mol. The minimum absolute atomic E-state index is 0.0276. The van der Waals surface area contributed by atoms with Gasteiger partial charge < -0.3 is 24.2 Å². The Morgan fingerprint density at radius 3 is 1.93 bits per heavy atom. The van der Waals surface area contributed by atoms with E-state index in [9.17, 15) is 61.8 Å². The third-order valence-corrected chi connectivity index (χ3v) is 15.3. The molecule has 0 fully saturated rings. The zero-order valence-electron chi connectivity index (χ0n) is 38.2. The minimum Gasteiger partial charge on any atom is -0.486 e. The largest absolute Gasteiger partial charge is 0.486 e. The Hall–Kier alpha value is -5.40. The molecular formula is C46H55N2O17S4+. The van der Waals surface area contributed by atoms with Crippen molar-refractivity contribution in [1.82, 2.24) is 0 Å². The highest BCUT2D eigenvalue weighted by Crippen LogP contribution is 2.49. The molecule has 0 atom stereocenters. The van der Waals surface area contributed by atoms with E-state index in [1.165, 1.54) is 24.3 Å². The molecule has 3 aromatic rings. The molecule has 0 bridgehead atoms. The molecule has 0 radical (unpaired) electrons. The molecule has 374 valence electrons. The zero-order chi connectivity index (χ0) is 50.7. The van der Waals surface area contributed by atoms with Crippen LogP contribution in [0.1, 0.15) is 76.5 Å². The molecule has 0 spiro atoms. The zero-order valence-corrected chi connectivity index (χ0v) is 41.5. The maximum Gasteiger partial charge on any atom is 0.303 e. The van der Waals surface area contributed by atoms with Crippen molar-refractivity contribution in [3.63, 3.8) is 0 Å². The van der Waals surface area contributed by atoms with Gasteiger partial charge in [-0.1, -0.05) is 26.0 Å². The van der Waals surface area contributed by atoms with Gasteiger partial charge in [-0.2, -0.15) is 38.2 Å². The lowest BCUT2D eigenvalue weighted by Gasteiger charge is -2.27. The lowest BCUT2D eigenvalue weighted by molar-refractivity contribution is -0.438. The Morgan fingerprint density at radius 1 is 0.725 bits per heavy atom. The number of unbranched alkanes of at least 4 members (excludes halogenated alkanes) is 2. The van der Waals surface area contributed by atoms with Crippen LogP contribution in [-0.4, -0.2) is 111 Å². The highest BCUT2D eigenvalue weighted by atomic mass is 32.2. The number of ether oxygens (including phenoxy) is 3. The number of benzene rings is 3. The number of nitrogens with zero attached hydrogens (tertiary/aromatic N) is 2. The second kappa shape index (κ2) is 20.5. The van der Waals surface area contributed by atoms with Crippen LogP contribution in [0.5, 0.6) is 5.75 Å². The fraction of sp³-hybridized carbons (Fsp3) is 0.391. The van der Waals surface area contributed by atoms with Crippen molar-refractivity contribution in [2.24, 2.45) is 0 Å². The number of hydrogen-bond donors (Lipinski definition) is 5. The van der Waals surface area contributed by atoms with E-state index in [2.05, 4.69) is 0 Å². The minimum atomic E-state index is -4.59. The first-order valence-electron chi connectivity index (χ1n) is 21.7. The maximum absolute atomic E-state index is 12.3.